The summed E-state index contributed by atoms with van der Waals surface area (Å²) in [5, 5.41) is 23.8. The topological polar surface area (TPSA) is 68.2 Å². The highest BCUT2D eigenvalue weighted by molar-refractivity contribution is 5.49. The number of nitrogens with one attached hydrogen (secondary N) is 1. The van der Waals surface area contributed by atoms with Crippen LogP contribution in [-0.4, -0.2) is 72.7 Å². The van der Waals surface area contributed by atoms with Crippen LogP contribution in [-0.2, 0) is 17.5 Å². The molecule has 6 nitrogen and oxygen atoms in total. The number of alkyl halides is 3. The standard InChI is InChI=1S/C23H28F3N3O3/c24-23(25,26)17-5-3-6-18(12-17)29-10-8-28(9-11-29)14-21-22(31)19(15-32-21)27-13-16-4-1-2-7-20(16)30/h1-7,12,19,21-22,27,30-31H,8-11,13-15H2. The number of hydrogen-bond acceptors (Lipinski definition) is 6. The van der Waals surface area contributed by atoms with Crippen molar-refractivity contribution in [1.29, 1.82) is 0 Å². The van der Waals surface area contributed by atoms with Crippen molar-refractivity contribution < 1.29 is 28.1 Å². The van der Waals surface area contributed by atoms with Crippen LogP contribution in [0.15, 0.2) is 48.5 Å². The van der Waals surface area contributed by atoms with Crippen LogP contribution < -0.4 is 10.2 Å². The summed E-state index contributed by atoms with van der Waals surface area (Å²) in [5.41, 5.74) is 0.696. The van der Waals surface area contributed by atoms with Crippen LogP contribution in [0.1, 0.15) is 11.1 Å². The molecule has 0 radical (unpaired) electrons. The van der Waals surface area contributed by atoms with E-state index < -0.39 is 17.8 Å². The van der Waals surface area contributed by atoms with Gasteiger partial charge < -0.3 is 25.2 Å². The summed E-state index contributed by atoms with van der Waals surface area (Å²) in [6.07, 6.45) is -5.36. The quantitative estimate of drug-likeness (QED) is 0.627. The molecule has 9 heteroatoms. The van der Waals surface area contributed by atoms with Gasteiger partial charge in [-0.2, -0.15) is 13.2 Å². The summed E-state index contributed by atoms with van der Waals surface area (Å²) in [6, 6.07) is 12.3. The number of aliphatic hydroxyl groups is 1. The number of phenols is 1. The summed E-state index contributed by atoms with van der Waals surface area (Å²) < 4.78 is 44.8. The van der Waals surface area contributed by atoms with Crippen molar-refractivity contribution >= 4 is 5.69 Å². The van der Waals surface area contributed by atoms with Crippen molar-refractivity contribution in [2.24, 2.45) is 0 Å². The van der Waals surface area contributed by atoms with Gasteiger partial charge in [-0.05, 0) is 24.3 Å². The summed E-state index contributed by atoms with van der Waals surface area (Å²) in [5.74, 6) is 0.212. The fraction of sp³-hybridized carbons (Fsp3) is 0.478. The largest absolute Gasteiger partial charge is 0.508 e. The first-order chi connectivity index (χ1) is 15.3. The third-order valence-electron chi connectivity index (χ3n) is 6.18. The number of phenolic OH excluding ortho intramolecular Hbond substituents is 1. The Morgan fingerprint density at radius 1 is 1.03 bits per heavy atom. The number of ether oxygens (including phenoxy) is 1. The maximum absolute atomic E-state index is 13.0. The molecule has 0 aliphatic carbocycles. The van der Waals surface area contributed by atoms with E-state index in [1.165, 1.54) is 12.1 Å². The molecule has 2 aromatic carbocycles. The summed E-state index contributed by atoms with van der Waals surface area (Å²) >= 11 is 0. The van der Waals surface area contributed by atoms with Crippen molar-refractivity contribution in [2.75, 3.05) is 44.2 Å². The average molecular weight is 451 g/mol. The molecule has 2 saturated heterocycles. The third-order valence-corrected chi connectivity index (χ3v) is 6.18. The van der Waals surface area contributed by atoms with E-state index in [1.54, 1.807) is 18.2 Å². The predicted molar refractivity (Wildman–Crippen MR) is 115 cm³/mol. The van der Waals surface area contributed by atoms with E-state index in [9.17, 15) is 23.4 Å². The minimum absolute atomic E-state index is 0.212. The maximum Gasteiger partial charge on any atom is 0.416 e. The molecule has 2 aliphatic rings. The average Bonchev–Trinajstić information content (AvgIpc) is 3.12. The second kappa shape index (κ2) is 9.66. The smallest absolute Gasteiger partial charge is 0.416 e. The molecule has 32 heavy (non-hydrogen) atoms. The SMILES string of the molecule is Oc1ccccc1CNC1COC(CN2CCN(c3cccc(C(F)(F)F)c3)CC2)C1O. The lowest BCUT2D eigenvalue weighted by Crippen LogP contribution is -2.51. The van der Waals surface area contributed by atoms with Crippen molar-refractivity contribution in [2.45, 2.75) is 31.0 Å². The molecule has 2 heterocycles. The maximum atomic E-state index is 13.0. The lowest BCUT2D eigenvalue weighted by molar-refractivity contribution is -0.137. The molecule has 0 spiro atoms. The van der Waals surface area contributed by atoms with Gasteiger partial charge in [0.05, 0.1) is 30.4 Å². The molecule has 0 bridgehead atoms. The molecule has 2 fully saturated rings. The molecule has 2 aromatic rings. The molecule has 2 aliphatic heterocycles. The second-order valence-electron chi connectivity index (χ2n) is 8.31. The number of piperazine rings is 1. The van der Waals surface area contributed by atoms with Crippen molar-refractivity contribution in [1.82, 2.24) is 10.2 Å². The lowest BCUT2D eigenvalue weighted by Gasteiger charge is -2.37. The van der Waals surface area contributed by atoms with Gasteiger partial charge in [0.1, 0.15) is 5.75 Å². The van der Waals surface area contributed by atoms with Gasteiger partial charge in [0.2, 0.25) is 0 Å². The Hall–Kier alpha value is -2.33. The molecular weight excluding hydrogens is 423 g/mol. The van der Waals surface area contributed by atoms with Gasteiger partial charge in [-0.1, -0.05) is 24.3 Å². The molecule has 4 rings (SSSR count). The van der Waals surface area contributed by atoms with Gasteiger partial charge in [0.25, 0.3) is 0 Å². The zero-order valence-corrected chi connectivity index (χ0v) is 17.6. The third kappa shape index (κ3) is 5.35. The number of benzene rings is 2. The van der Waals surface area contributed by atoms with Crippen LogP contribution in [0, 0.1) is 0 Å². The van der Waals surface area contributed by atoms with E-state index in [0.717, 1.165) is 11.6 Å². The van der Waals surface area contributed by atoms with E-state index in [0.29, 0.717) is 51.6 Å². The Kier molecular flexibility index (Phi) is 6.90. The molecule has 3 N–H and O–H groups in total. The number of hydrogen-bond donors (Lipinski definition) is 3. The van der Waals surface area contributed by atoms with E-state index in [4.69, 9.17) is 4.74 Å². The number of aromatic hydroxyl groups is 1. The van der Waals surface area contributed by atoms with Gasteiger partial charge in [-0.3, -0.25) is 4.90 Å². The highest BCUT2D eigenvalue weighted by Gasteiger charge is 2.37. The van der Waals surface area contributed by atoms with Crippen LogP contribution in [0.2, 0.25) is 0 Å². The minimum atomic E-state index is -4.35. The molecule has 3 atom stereocenters. The van der Waals surface area contributed by atoms with Gasteiger partial charge >= 0.3 is 6.18 Å². The van der Waals surface area contributed by atoms with Crippen LogP contribution in [0.3, 0.4) is 0 Å². The Morgan fingerprint density at radius 3 is 2.50 bits per heavy atom. The van der Waals surface area contributed by atoms with E-state index >= 15 is 0 Å². The zero-order valence-electron chi connectivity index (χ0n) is 17.6. The first-order valence-corrected chi connectivity index (χ1v) is 10.8. The van der Waals surface area contributed by atoms with Gasteiger partial charge in [-0.15, -0.1) is 0 Å². The molecule has 3 unspecified atom stereocenters. The molecule has 0 amide bonds. The van der Waals surface area contributed by atoms with Crippen molar-refractivity contribution in [3.05, 3.63) is 59.7 Å². The number of anilines is 1. The van der Waals surface area contributed by atoms with Crippen LogP contribution >= 0.6 is 0 Å². The lowest BCUT2D eigenvalue weighted by atomic mass is 10.1. The second-order valence-corrected chi connectivity index (χ2v) is 8.31. The fourth-order valence-corrected chi connectivity index (χ4v) is 4.25. The van der Waals surface area contributed by atoms with Gasteiger partial charge in [0, 0.05) is 50.5 Å². The normalized spacial score (nSPS) is 24.8. The highest BCUT2D eigenvalue weighted by Crippen LogP contribution is 2.32. The molecule has 174 valence electrons. The monoisotopic (exact) mass is 451 g/mol. The van der Waals surface area contributed by atoms with Crippen LogP contribution in [0.25, 0.3) is 0 Å². The minimum Gasteiger partial charge on any atom is -0.508 e. The Morgan fingerprint density at radius 2 is 1.78 bits per heavy atom. The molecular formula is C23H28F3N3O3. The number of rotatable bonds is 6. The highest BCUT2D eigenvalue weighted by atomic mass is 19.4. The zero-order chi connectivity index (χ0) is 22.7. The van der Waals surface area contributed by atoms with Crippen molar-refractivity contribution in [3.63, 3.8) is 0 Å². The van der Waals surface area contributed by atoms with Crippen molar-refractivity contribution in [3.8, 4) is 5.75 Å². The predicted octanol–water partition coefficient (Wildman–Crippen LogP) is 2.45. The Balaban J connectivity index is 1.25. The van der Waals surface area contributed by atoms with E-state index in [1.807, 2.05) is 17.0 Å². The number of halogens is 3. The number of para-hydroxylation sites is 1. The molecule has 0 aromatic heterocycles. The first kappa shape index (κ1) is 22.8. The number of nitrogens with zero attached hydrogens (tertiary/aromatic N) is 2. The summed E-state index contributed by atoms with van der Waals surface area (Å²) in [7, 11) is 0. The van der Waals surface area contributed by atoms with Crippen LogP contribution in [0.5, 0.6) is 5.75 Å². The van der Waals surface area contributed by atoms with Gasteiger partial charge in [0.15, 0.2) is 0 Å². The number of aliphatic hydroxyl groups excluding tert-OH is 1. The Bertz CT molecular complexity index is 903. The summed E-state index contributed by atoms with van der Waals surface area (Å²) in [4.78, 5) is 4.12. The summed E-state index contributed by atoms with van der Waals surface area (Å²) in [6.45, 7) is 3.95. The molecule has 0 saturated carbocycles. The van der Waals surface area contributed by atoms with Crippen LogP contribution in [0.4, 0.5) is 18.9 Å². The first-order valence-electron chi connectivity index (χ1n) is 10.8. The van der Waals surface area contributed by atoms with E-state index in [2.05, 4.69) is 10.2 Å². The Labute approximate surface area is 185 Å². The fourth-order valence-electron chi connectivity index (χ4n) is 4.25. The van der Waals surface area contributed by atoms with E-state index in [-0.39, 0.29) is 17.9 Å². The van der Waals surface area contributed by atoms with Gasteiger partial charge in [-0.25, -0.2) is 0 Å².